The van der Waals surface area contributed by atoms with Gasteiger partial charge in [-0.15, -0.1) is 0 Å². The van der Waals surface area contributed by atoms with Gasteiger partial charge in [-0.2, -0.15) is 4.31 Å². The molecular formula is C6H12FNO2S. The molecule has 0 spiro atoms. The predicted octanol–water partition coefficient (Wildman–Crippen LogP) is 0.729. The smallest absolute Gasteiger partial charge is 0.232 e. The van der Waals surface area contributed by atoms with Crippen LogP contribution in [-0.4, -0.2) is 31.8 Å². The lowest BCUT2D eigenvalue weighted by molar-refractivity contribution is 0.339. The quantitative estimate of drug-likeness (QED) is 0.629. The van der Waals surface area contributed by atoms with Gasteiger partial charge in [0.05, 0.1) is 0 Å². The first-order valence-corrected chi connectivity index (χ1v) is 5.31. The highest BCUT2D eigenvalue weighted by Crippen LogP contribution is 2.13. The van der Waals surface area contributed by atoms with E-state index < -0.39 is 16.0 Å². The maximum Gasteiger partial charge on any atom is 0.243 e. The molecule has 1 aliphatic rings. The first kappa shape index (κ1) is 8.93. The minimum Gasteiger partial charge on any atom is -0.232 e. The van der Waals surface area contributed by atoms with Crippen LogP contribution in [0, 0.1) is 0 Å². The maximum atomic E-state index is 11.9. The summed E-state index contributed by atoms with van der Waals surface area (Å²) >= 11 is 0. The van der Waals surface area contributed by atoms with E-state index in [1.807, 2.05) is 0 Å². The van der Waals surface area contributed by atoms with E-state index in [9.17, 15) is 12.8 Å². The Morgan fingerprint density at radius 3 is 2.18 bits per heavy atom. The molecule has 0 radical (unpaired) electrons. The van der Waals surface area contributed by atoms with Crippen molar-refractivity contribution in [3.8, 4) is 0 Å². The second kappa shape index (κ2) is 3.49. The summed E-state index contributed by atoms with van der Waals surface area (Å²) < 4.78 is 35.0. The third kappa shape index (κ3) is 2.13. The average molecular weight is 181 g/mol. The summed E-state index contributed by atoms with van der Waals surface area (Å²) in [6.07, 6.45) is 2.77. The molecule has 0 aliphatic carbocycles. The summed E-state index contributed by atoms with van der Waals surface area (Å²) in [6.45, 7) is 0.985. The van der Waals surface area contributed by atoms with Crippen molar-refractivity contribution in [2.45, 2.75) is 19.3 Å². The number of halogens is 1. The number of hydrogen-bond acceptors (Lipinski definition) is 2. The van der Waals surface area contributed by atoms with E-state index in [0.717, 1.165) is 19.3 Å². The van der Waals surface area contributed by atoms with Gasteiger partial charge < -0.3 is 0 Å². The van der Waals surface area contributed by atoms with Crippen molar-refractivity contribution in [3.05, 3.63) is 0 Å². The molecule has 0 aromatic rings. The number of sulfonamides is 1. The molecule has 0 aromatic carbocycles. The van der Waals surface area contributed by atoms with E-state index in [-0.39, 0.29) is 0 Å². The number of piperidine rings is 1. The van der Waals surface area contributed by atoms with Gasteiger partial charge in [-0.1, -0.05) is 6.42 Å². The molecule has 5 heteroatoms. The molecule has 1 heterocycles. The Labute approximate surface area is 66.2 Å². The average Bonchev–Trinajstić information content (AvgIpc) is 2.06. The van der Waals surface area contributed by atoms with Gasteiger partial charge in [-0.25, -0.2) is 12.8 Å². The van der Waals surface area contributed by atoms with E-state index in [1.165, 1.54) is 4.31 Å². The summed E-state index contributed by atoms with van der Waals surface area (Å²) in [5.74, 6) is 0. The molecule has 0 saturated carbocycles. The van der Waals surface area contributed by atoms with Crippen molar-refractivity contribution in [2.75, 3.05) is 19.1 Å². The van der Waals surface area contributed by atoms with E-state index >= 15 is 0 Å². The van der Waals surface area contributed by atoms with Crippen LogP contribution in [0.15, 0.2) is 0 Å². The van der Waals surface area contributed by atoms with Crippen LogP contribution in [0.1, 0.15) is 19.3 Å². The van der Waals surface area contributed by atoms with Crippen molar-refractivity contribution in [2.24, 2.45) is 0 Å². The molecule has 0 N–H and O–H groups in total. The van der Waals surface area contributed by atoms with Crippen molar-refractivity contribution < 1.29 is 12.8 Å². The molecule has 66 valence electrons. The lowest BCUT2D eigenvalue weighted by atomic mass is 10.2. The zero-order chi connectivity index (χ0) is 8.32. The highest BCUT2D eigenvalue weighted by atomic mass is 32.2. The molecule has 11 heavy (non-hydrogen) atoms. The minimum atomic E-state index is -3.55. The standard InChI is InChI=1S/C6H12FNO2S/c7-6-11(9,10)8-4-2-1-3-5-8/h1-6H2. The Kier molecular flexibility index (Phi) is 2.84. The van der Waals surface area contributed by atoms with Crippen molar-refractivity contribution in [3.63, 3.8) is 0 Å². The molecule has 1 aliphatic heterocycles. The lowest BCUT2D eigenvalue weighted by Gasteiger charge is -2.24. The van der Waals surface area contributed by atoms with Gasteiger partial charge >= 0.3 is 0 Å². The van der Waals surface area contributed by atoms with Crippen LogP contribution in [0.3, 0.4) is 0 Å². The fourth-order valence-corrected chi connectivity index (χ4v) is 2.16. The molecule has 3 nitrogen and oxygen atoms in total. The van der Waals surface area contributed by atoms with Crippen LogP contribution in [0.5, 0.6) is 0 Å². The third-order valence-corrected chi connectivity index (χ3v) is 3.27. The summed E-state index contributed by atoms with van der Waals surface area (Å²) in [7, 11) is -3.55. The normalized spacial score (nSPS) is 21.9. The molecule has 0 bridgehead atoms. The molecule has 1 rings (SSSR count). The monoisotopic (exact) mass is 181 g/mol. The second-order valence-corrected chi connectivity index (χ2v) is 4.58. The van der Waals surface area contributed by atoms with Crippen LogP contribution in [0.4, 0.5) is 4.39 Å². The Morgan fingerprint density at radius 1 is 1.18 bits per heavy atom. The van der Waals surface area contributed by atoms with E-state index in [4.69, 9.17) is 0 Å². The van der Waals surface area contributed by atoms with E-state index in [1.54, 1.807) is 0 Å². The van der Waals surface area contributed by atoms with Gasteiger partial charge in [0.2, 0.25) is 16.0 Å². The fraction of sp³-hybridized carbons (Fsp3) is 1.00. The Hall–Kier alpha value is -0.160. The van der Waals surface area contributed by atoms with Gasteiger partial charge in [0.25, 0.3) is 0 Å². The summed E-state index contributed by atoms with van der Waals surface area (Å²) in [5.41, 5.74) is 0. The summed E-state index contributed by atoms with van der Waals surface area (Å²) in [5, 5.41) is 0. The van der Waals surface area contributed by atoms with Gasteiger partial charge in [0, 0.05) is 13.1 Å². The topological polar surface area (TPSA) is 37.4 Å². The number of hydrogen-bond donors (Lipinski definition) is 0. The van der Waals surface area contributed by atoms with Crippen LogP contribution < -0.4 is 0 Å². The van der Waals surface area contributed by atoms with E-state index in [0.29, 0.717) is 13.1 Å². The largest absolute Gasteiger partial charge is 0.243 e. The van der Waals surface area contributed by atoms with E-state index in [2.05, 4.69) is 0 Å². The zero-order valence-corrected chi connectivity index (χ0v) is 7.11. The highest BCUT2D eigenvalue weighted by molar-refractivity contribution is 7.88. The van der Waals surface area contributed by atoms with Crippen LogP contribution >= 0.6 is 0 Å². The molecule has 0 amide bonds. The molecular weight excluding hydrogens is 169 g/mol. The molecule has 1 fully saturated rings. The fourth-order valence-electron chi connectivity index (χ4n) is 1.21. The number of rotatable bonds is 2. The first-order chi connectivity index (χ1) is 5.17. The second-order valence-electron chi connectivity index (χ2n) is 2.68. The highest BCUT2D eigenvalue weighted by Gasteiger charge is 2.22. The van der Waals surface area contributed by atoms with Crippen molar-refractivity contribution in [1.29, 1.82) is 0 Å². The van der Waals surface area contributed by atoms with Crippen LogP contribution in [-0.2, 0) is 10.0 Å². The minimum absolute atomic E-state index is 0.492. The van der Waals surface area contributed by atoms with Gasteiger partial charge in [-0.05, 0) is 12.8 Å². The van der Waals surface area contributed by atoms with Crippen molar-refractivity contribution in [1.82, 2.24) is 4.31 Å². The first-order valence-electron chi connectivity index (χ1n) is 3.70. The Balaban J connectivity index is 2.58. The van der Waals surface area contributed by atoms with Gasteiger partial charge in [0.15, 0.2) is 0 Å². The number of nitrogens with zero attached hydrogens (tertiary/aromatic N) is 1. The molecule has 0 unspecified atom stereocenters. The predicted molar refractivity (Wildman–Crippen MR) is 40.3 cm³/mol. The van der Waals surface area contributed by atoms with Crippen LogP contribution in [0.2, 0.25) is 0 Å². The molecule has 0 aromatic heterocycles. The zero-order valence-electron chi connectivity index (χ0n) is 6.29. The Bertz CT molecular complexity index is 209. The summed E-state index contributed by atoms with van der Waals surface area (Å²) in [4.78, 5) is 0. The number of alkyl halides is 1. The van der Waals surface area contributed by atoms with Gasteiger partial charge in [-0.3, -0.25) is 0 Å². The summed E-state index contributed by atoms with van der Waals surface area (Å²) in [6, 6.07) is -1.26. The van der Waals surface area contributed by atoms with Crippen molar-refractivity contribution >= 4 is 10.0 Å². The SMILES string of the molecule is O=S(=O)(CF)N1CCCCC1. The van der Waals surface area contributed by atoms with Crippen LogP contribution in [0.25, 0.3) is 0 Å². The molecule has 0 atom stereocenters. The third-order valence-electron chi connectivity index (χ3n) is 1.85. The molecule has 1 saturated heterocycles. The maximum absolute atomic E-state index is 11.9. The Morgan fingerprint density at radius 2 is 1.73 bits per heavy atom. The van der Waals surface area contributed by atoms with Gasteiger partial charge in [0.1, 0.15) is 0 Å². The lowest BCUT2D eigenvalue weighted by Crippen LogP contribution is -2.36.